The molecule has 0 unspecified atom stereocenters. The number of rotatable bonds is 10. The summed E-state index contributed by atoms with van der Waals surface area (Å²) >= 11 is 5.62. The molecule has 1 aliphatic carbocycles. The summed E-state index contributed by atoms with van der Waals surface area (Å²) in [6, 6.07) is 34.8. The van der Waals surface area contributed by atoms with E-state index < -0.39 is 18.2 Å². The van der Waals surface area contributed by atoms with Crippen molar-refractivity contribution in [3.8, 4) is 11.1 Å². The molecule has 0 fully saturated rings. The first-order valence-corrected chi connectivity index (χ1v) is 14.2. The van der Waals surface area contributed by atoms with E-state index in [1.165, 1.54) is 11.1 Å². The molecule has 5 rings (SSSR count). The number of alkyl carbamates (subject to hydrolysis) is 1. The lowest BCUT2D eigenvalue weighted by Crippen LogP contribution is -2.52. The Bertz CT molecular complexity index is 1460. The number of carbonyl (C=O) groups is 2. The molecule has 0 radical (unpaired) electrons. The van der Waals surface area contributed by atoms with Gasteiger partial charge in [-0.25, -0.2) is 4.79 Å². The number of fused-ring (bicyclic) bond motifs is 3. The van der Waals surface area contributed by atoms with E-state index in [-0.39, 0.29) is 18.4 Å². The Balaban J connectivity index is 1.18. The molecule has 0 saturated heterocycles. The van der Waals surface area contributed by atoms with Crippen LogP contribution in [-0.4, -0.2) is 35.7 Å². The molecule has 3 N–H and O–H groups in total. The van der Waals surface area contributed by atoms with Gasteiger partial charge in [0.1, 0.15) is 12.6 Å². The second-order valence-electron chi connectivity index (χ2n) is 10.1. The molecule has 1 aliphatic rings. The highest BCUT2D eigenvalue weighted by Crippen LogP contribution is 2.44. The van der Waals surface area contributed by atoms with Gasteiger partial charge in [-0.1, -0.05) is 121 Å². The van der Waals surface area contributed by atoms with Gasteiger partial charge in [-0.2, -0.15) is 0 Å². The number of carbonyl (C=O) groups excluding carboxylic acids is 2. The summed E-state index contributed by atoms with van der Waals surface area (Å²) in [4.78, 5) is 26.4. The zero-order chi connectivity index (χ0) is 28.6. The number of amides is 2. The van der Waals surface area contributed by atoms with Gasteiger partial charge in [0.15, 0.2) is 0 Å². The third-order valence-electron chi connectivity index (χ3n) is 7.30. The quantitative estimate of drug-likeness (QED) is 0.214. The van der Waals surface area contributed by atoms with Gasteiger partial charge in [0, 0.05) is 18.9 Å². The predicted molar refractivity (Wildman–Crippen MR) is 166 cm³/mol. The molecule has 4 aromatic rings. The van der Waals surface area contributed by atoms with Crippen LogP contribution in [0.3, 0.4) is 0 Å². The van der Waals surface area contributed by atoms with Gasteiger partial charge < -0.3 is 20.7 Å². The molecule has 0 spiro atoms. The van der Waals surface area contributed by atoms with Crippen LogP contribution in [0.15, 0.2) is 109 Å². The summed E-state index contributed by atoms with van der Waals surface area (Å²) in [6.07, 6.45) is -0.115. The molecule has 41 heavy (non-hydrogen) atoms. The van der Waals surface area contributed by atoms with Crippen molar-refractivity contribution >= 4 is 29.2 Å². The Hall–Kier alpha value is -4.49. The molecule has 2 amide bonds. The average molecular weight is 564 g/mol. The van der Waals surface area contributed by atoms with E-state index in [9.17, 15) is 9.59 Å². The highest BCUT2D eigenvalue weighted by molar-refractivity contribution is 7.80. The van der Waals surface area contributed by atoms with Crippen LogP contribution in [0.5, 0.6) is 0 Å². The lowest BCUT2D eigenvalue weighted by Gasteiger charge is -2.24. The van der Waals surface area contributed by atoms with Crippen LogP contribution in [0.2, 0.25) is 0 Å². The van der Waals surface area contributed by atoms with Crippen molar-refractivity contribution in [1.29, 1.82) is 0 Å². The molecule has 7 heteroatoms. The molecule has 0 aromatic heterocycles. The summed E-state index contributed by atoms with van der Waals surface area (Å²) in [7, 11) is 0. The maximum absolute atomic E-state index is 13.2. The number of ether oxygens (including phenoxy) is 1. The molecule has 0 bridgehead atoms. The summed E-state index contributed by atoms with van der Waals surface area (Å²) in [5, 5.41) is 9.00. The highest BCUT2D eigenvalue weighted by atomic mass is 32.1. The second kappa shape index (κ2) is 13.2. The second-order valence-corrected chi connectivity index (χ2v) is 10.6. The van der Waals surface area contributed by atoms with Crippen LogP contribution in [0.1, 0.15) is 35.1 Å². The summed E-state index contributed by atoms with van der Waals surface area (Å²) in [5.74, 6) is -0.203. The Kier molecular flexibility index (Phi) is 9.06. The fourth-order valence-electron chi connectivity index (χ4n) is 5.15. The lowest BCUT2D eigenvalue weighted by molar-refractivity contribution is -0.122. The highest BCUT2D eigenvalue weighted by Gasteiger charge is 2.29. The standard InChI is InChI=1S/C34H33N3O3S/c1-23(36-34(39)40-22-30-28-18-10-8-16-26(28)27-17-9-11-19-29(27)30)33(41)37-31(20-24-12-4-2-5-13-24)32(38)35-21-25-14-6-3-7-15-25/h2-19,23,30-31H,20-22H2,1H3,(H,35,38)(H,36,39)(H,37,41)/t23-,31-/m0/s1. The van der Waals surface area contributed by atoms with Crippen LogP contribution < -0.4 is 16.0 Å². The van der Waals surface area contributed by atoms with Gasteiger partial charge in [-0.3, -0.25) is 4.79 Å². The average Bonchev–Trinajstić information content (AvgIpc) is 3.33. The van der Waals surface area contributed by atoms with E-state index in [0.717, 1.165) is 22.3 Å². The fraction of sp³-hybridized carbons (Fsp3) is 0.206. The van der Waals surface area contributed by atoms with Crippen LogP contribution in [0, 0.1) is 0 Å². The van der Waals surface area contributed by atoms with Crippen molar-refractivity contribution in [3.63, 3.8) is 0 Å². The third-order valence-corrected chi connectivity index (χ3v) is 7.77. The normalized spacial score (nSPS) is 13.3. The third kappa shape index (κ3) is 6.99. The van der Waals surface area contributed by atoms with Crippen molar-refractivity contribution in [2.45, 2.75) is 37.9 Å². The van der Waals surface area contributed by atoms with Gasteiger partial charge in [0.25, 0.3) is 0 Å². The molecule has 0 aliphatic heterocycles. The van der Waals surface area contributed by atoms with E-state index >= 15 is 0 Å². The molecular formula is C34H33N3O3S. The van der Waals surface area contributed by atoms with Crippen LogP contribution in [0.4, 0.5) is 4.79 Å². The fourth-order valence-corrected chi connectivity index (χ4v) is 5.35. The minimum absolute atomic E-state index is 0.0305. The molecule has 0 heterocycles. The maximum Gasteiger partial charge on any atom is 0.407 e. The van der Waals surface area contributed by atoms with Crippen LogP contribution in [-0.2, 0) is 22.5 Å². The van der Waals surface area contributed by atoms with Crippen LogP contribution in [0.25, 0.3) is 11.1 Å². The molecular weight excluding hydrogens is 530 g/mol. The Labute approximate surface area is 246 Å². The maximum atomic E-state index is 13.2. The Morgan fingerprint density at radius 3 is 1.90 bits per heavy atom. The van der Waals surface area contributed by atoms with Crippen molar-refractivity contribution in [3.05, 3.63) is 131 Å². The smallest absolute Gasteiger partial charge is 0.407 e. The van der Waals surface area contributed by atoms with Crippen LogP contribution >= 0.6 is 12.2 Å². The lowest BCUT2D eigenvalue weighted by atomic mass is 9.98. The Morgan fingerprint density at radius 2 is 1.29 bits per heavy atom. The zero-order valence-corrected chi connectivity index (χ0v) is 23.7. The van der Waals surface area contributed by atoms with Gasteiger partial charge in [-0.15, -0.1) is 0 Å². The van der Waals surface area contributed by atoms with E-state index in [0.29, 0.717) is 18.0 Å². The predicted octanol–water partition coefficient (Wildman–Crippen LogP) is 5.76. The van der Waals surface area contributed by atoms with Crippen molar-refractivity contribution in [2.75, 3.05) is 6.61 Å². The molecule has 208 valence electrons. The van der Waals surface area contributed by atoms with E-state index in [1.54, 1.807) is 6.92 Å². The zero-order valence-electron chi connectivity index (χ0n) is 22.9. The Morgan fingerprint density at radius 1 is 0.756 bits per heavy atom. The largest absolute Gasteiger partial charge is 0.449 e. The van der Waals surface area contributed by atoms with Crippen molar-refractivity contribution in [1.82, 2.24) is 16.0 Å². The summed E-state index contributed by atoms with van der Waals surface area (Å²) in [5.41, 5.74) is 6.65. The first-order valence-electron chi connectivity index (χ1n) is 13.8. The summed E-state index contributed by atoms with van der Waals surface area (Å²) in [6.45, 7) is 2.40. The SMILES string of the molecule is C[C@H](NC(=O)OCC1c2ccccc2-c2ccccc21)C(=S)N[C@@H](Cc1ccccc1)C(=O)NCc1ccccc1. The molecule has 2 atom stereocenters. The molecule has 4 aromatic carbocycles. The number of thiocarbonyl (C=S) groups is 1. The number of benzene rings is 4. The van der Waals surface area contributed by atoms with E-state index in [2.05, 4.69) is 40.2 Å². The topological polar surface area (TPSA) is 79.5 Å². The van der Waals surface area contributed by atoms with Gasteiger partial charge in [0.2, 0.25) is 5.91 Å². The van der Waals surface area contributed by atoms with Crippen molar-refractivity contribution < 1.29 is 14.3 Å². The minimum atomic E-state index is -0.611. The van der Waals surface area contributed by atoms with E-state index in [4.69, 9.17) is 17.0 Å². The van der Waals surface area contributed by atoms with Gasteiger partial charge >= 0.3 is 6.09 Å². The number of hydrogen-bond donors (Lipinski definition) is 3. The molecule has 6 nitrogen and oxygen atoms in total. The number of nitrogens with one attached hydrogen (secondary N) is 3. The van der Waals surface area contributed by atoms with Gasteiger partial charge in [0.05, 0.1) is 11.0 Å². The monoisotopic (exact) mass is 563 g/mol. The van der Waals surface area contributed by atoms with E-state index in [1.807, 2.05) is 84.9 Å². The first-order chi connectivity index (χ1) is 20.0. The summed E-state index contributed by atoms with van der Waals surface area (Å²) < 4.78 is 5.68. The van der Waals surface area contributed by atoms with Crippen molar-refractivity contribution in [2.24, 2.45) is 0 Å². The first kappa shape index (κ1) is 28.1. The van der Waals surface area contributed by atoms with Gasteiger partial charge in [-0.05, 0) is 40.3 Å². The number of hydrogen-bond acceptors (Lipinski definition) is 4. The minimum Gasteiger partial charge on any atom is -0.449 e. The molecule has 0 saturated carbocycles.